The van der Waals surface area contributed by atoms with Gasteiger partial charge in [0.25, 0.3) is 5.91 Å². The van der Waals surface area contributed by atoms with Gasteiger partial charge in [0.1, 0.15) is 11.8 Å². The number of fused-ring (bicyclic) bond motifs is 1. The minimum absolute atomic E-state index is 0.00953. The molecule has 2 fully saturated rings. The van der Waals surface area contributed by atoms with Gasteiger partial charge in [0, 0.05) is 12.5 Å². The number of nitrogens with zero attached hydrogens (tertiary/aromatic N) is 2. The van der Waals surface area contributed by atoms with E-state index in [1.807, 2.05) is 4.90 Å². The first-order chi connectivity index (χ1) is 10.7. The summed E-state index contributed by atoms with van der Waals surface area (Å²) in [7, 11) is 0. The lowest BCUT2D eigenvalue weighted by Crippen LogP contribution is -2.53. The maximum Gasteiger partial charge on any atom is 0.259 e. The second-order valence-electron chi connectivity index (χ2n) is 5.88. The summed E-state index contributed by atoms with van der Waals surface area (Å²) in [6.07, 6.45) is 5.20. The molecule has 6 nitrogen and oxygen atoms in total. The highest BCUT2D eigenvalue weighted by molar-refractivity contribution is 5.95. The van der Waals surface area contributed by atoms with E-state index >= 15 is 0 Å². The number of aryl methyl sites for hydroxylation is 1. The maximum absolute atomic E-state index is 12.7. The third kappa shape index (κ3) is 2.80. The van der Waals surface area contributed by atoms with Crippen LogP contribution in [0.5, 0.6) is 0 Å². The molecule has 1 aromatic rings. The summed E-state index contributed by atoms with van der Waals surface area (Å²) in [5.74, 6) is 0.328. The quantitative estimate of drug-likeness (QED) is 0.613. The zero-order chi connectivity index (χ0) is 15.5. The molecular formula is C16H22N2O4. The fourth-order valence-electron chi connectivity index (χ4n) is 3.45. The Balaban J connectivity index is 1.69. The van der Waals surface area contributed by atoms with E-state index < -0.39 is 0 Å². The summed E-state index contributed by atoms with van der Waals surface area (Å²) in [6, 6.07) is 0.118. The summed E-state index contributed by atoms with van der Waals surface area (Å²) in [5.41, 5.74) is 1.18. The van der Waals surface area contributed by atoms with Gasteiger partial charge in [-0.05, 0) is 19.8 Å². The number of morpholine rings is 1. The Kier molecular flexibility index (Phi) is 4.59. The van der Waals surface area contributed by atoms with Crippen molar-refractivity contribution in [3.05, 3.63) is 30.2 Å². The standard InChI is InChI=1S/C16H22N2O4/c1-3-7-20-9-12-4-5-14-15(12)21-8-6-18(14)16(19)13-10-22-17-11(13)2/h3,10,12,14-15H,1,4-9H2,2H3/t12-,14-,15+/m0/s1. The number of hydrogen-bond donors (Lipinski definition) is 0. The average molecular weight is 306 g/mol. The predicted molar refractivity (Wildman–Crippen MR) is 79.5 cm³/mol. The molecule has 0 N–H and O–H groups in total. The van der Waals surface area contributed by atoms with Crippen LogP contribution in [0.25, 0.3) is 0 Å². The molecule has 120 valence electrons. The Bertz CT molecular complexity index is 542. The third-order valence-electron chi connectivity index (χ3n) is 4.53. The third-order valence-corrected chi connectivity index (χ3v) is 4.53. The molecule has 0 spiro atoms. The minimum atomic E-state index is -0.00953. The summed E-state index contributed by atoms with van der Waals surface area (Å²) < 4.78 is 16.4. The van der Waals surface area contributed by atoms with Crippen LogP contribution in [0.2, 0.25) is 0 Å². The lowest BCUT2D eigenvalue weighted by Gasteiger charge is -2.39. The number of amides is 1. The lowest BCUT2D eigenvalue weighted by atomic mass is 10.0. The van der Waals surface area contributed by atoms with Gasteiger partial charge in [0.2, 0.25) is 0 Å². The van der Waals surface area contributed by atoms with E-state index in [2.05, 4.69) is 11.7 Å². The molecule has 22 heavy (non-hydrogen) atoms. The maximum atomic E-state index is 12.7. The molecule has 0 aromatic carbocycles. The van der Waals surface area contributed by atoms with Crippen molar-refractivity contribution in [2.45, 2.75) is 31.9 Å². The van der Waals surface area contributed by atoms with E-state index in [0.29, 0.717) is 43.5 Å². The number of rotatable bonds is 5. The number of carbonyl (C=O) groups excluding carboxylic acids is 1. The highest BCUT2D eigenvalue weighted by Gasteiger charge is 2.44. The molecule has 3 rings (SSSR count). The highest BCUT2D eigenvalue weighted by atomic mass is 16.5. The van der Waals surface area contributed by atoms with Crippen molar-refractivity contribution in [1.29, 1.82) is 0 Å². The van der Waals surface area contributed by atoms with Crippen molar-refractivity contribution in [2.75, 3.05) is 26.4 Å². The smallest absolute Gasteiger partial charge is 0.259 e. The van der Waals surface area contributed by atoms with E-state index in [4.69, 9.17) is 14.0 Å². The highest BCUT2D eigenvalue weighted by Crippen LogP contribution is 2.35. The Labute approximate surface area is 130 Å². The van der Waals surface area contributed by atoms with Gasteiger partial charge in [-0.15, -0.1) is 6.58 Å². The number of ether oxygens (including phenoxy) is 2. The second kappa shape index (κ2) is 6.62. The molecule has 0 radical (unpaired) electrons. The van der Waals surface area contributed by atoms with E-state index in [1.165, 1.54) is 6.26 Å². The van der Waals surface area contributed by atoms with Crippen LogP contribution < -0.4 is 0 Å². The number of aromatic nitrogens is 1. The Morgan fingerprint density at radius 2 is 2.45 bits per heavy atom. The van der Waals surface area contributed by atoms with Crippen LogP contribution in [0.3, 0.4) is 0 Å². The molecule has 0 unspecified atom stereocenters. The van der Waals surface area contributed by atoms with Crippen molar-refractivity contribution in [2.24, 2.45) is 5.92 Å². The van der Waals surface area contributed by atoms with Crippen LogP contribution in [0, 0.1) is 12.8 Å². The van der Waals surface area contributed by atoms with Gasteiger partial charge in [-0.3, -0.25) is 4.79 Å². The van der Waals surface area contributed by atoms with Crippen molar-refractivity contribution in [3.8, 4) is 0 Å². The van der Waals surface area contributed by atoms with Crippen molar-refractivity contribution in [3.63, 3.8) is 0 Å². The fourth-order valence-corrected chi connectivity index (χ4v) is 3.45. The van der Waals surface area contributed by atoms with Crippen molar-refractivity contribution in [1.82, 2.24) is 10.1 Å². The SMILES string of the molecule is C=CCOC[C@@H]1CC[C@H]2[C@@H]1OCCN2C(=O)c1conc1C. The van der Waals surface area contributed by atoms with E-state index in [0.717, 1.165) is 12.8 Å². The van der Waals surface area contributed by atoms with Gasteiger partial charge in [0.05, 0.1) is 37.7 Å². The molecule has 2 aliphatic rings. The molecule has 3 atom stereocenters. The van der Waals surface area contributed by atoms with Gasteiger partial charge >= 0.3 is 0 Å². The predicted octanol–water partition coefficient (Wildman–Crippen LogP) is 1.81. The Morgan fingerprint density at radius 3 is 3.18 bits per heavy atom. The lowest BCUT2D eigenvalue weighted by molar-refractivity contribution is -0.0738. The summed E-state index contributed by atoms with van der Waals surface area (Å²) in [4.78, 5) is 14.6. The fraction of sp³-hybridized carbons (Fsp3) is 0.625. The molecule has 0 bridgehead atoms. The van der Waals surface area contributed by atoms with Crippen molar-refractivity contribution >= 4 is 5.91 Å². The first kappa shape index (κ1) is 15.2. The normalized spacial score (nSPS) is 27.7. The number of carbonyl (C=O) groups is 1. The van der Waals surface area contributed by atoms with Gasteiger partial charge < -0.3 is 18.9 Å². The zero-order valence-corrected chi connectivity index (χ0v) is 12.9. The van der Waals surface area contributed by atoms with E-state index in [1.54, 1.807) is 13.0 Å². The van der Waals surface area contributed by atoms with Gasteiger partial charge in [-0.1, -0.05) is 11.2 Å². The zero-order valence-electron chi connectivity index (χ0n) is 12.9. The molecule has 1 saturated carbocycles. The second-order valence-corrected chi connectivity index (χ2v) is 5.88. The monoisotopic (exact) mass is 306 g/mol. The first-order valence-corrected chi connectivity index (χ1v) is 7.74. The van der Waals surface area contributed by atoms with Crippen LogP contribution in [0.15, 0.2) is 23.4 Å². The van der Waals surface area contributed by atoms with Crippen molar-refractivity contribution < 1.29 is 18.8 Å². The van der Waals surface area contributed by atoms with E-state index in [-0.39, 0.29) is 18.1 Å². The molecule has 1 aliphatic carbocycles. The van der Waals surface area contributed by atoms with Gasteiger partial charge in [-0.25, -0.2) is 0 Å². The molecule has 1 aliphatic heterocycles. The first-order valence-electron chi connectivity index (χ1n) is 7.74. The van der Waals surface area contributed by atoms with Gasteiger partial charge in [-0.2, -0.15) is 0 Å². The molecule has 1 aromatic heterocycles. The van der Waals surface area contributed by atoms with Crippen LogP contribution >= 0.6 is 0 Å². The molecular weight excluding hydrogens is 284 g/mol. The van der Waals surface area contributed by atoms with Crippen LogP contribution in [0.1, 0.15) is 28.9 Å². The molecule has 2 heterocycles. The number of hydrogen-bond acceptors (Lipinski definition) is 5. The molecule has 6 heteroatoms. The van der Waals surface area contributed by atoms with Crippen LogP contribution in [-0.2, 0) is 9.47 Å². The minimum Gasteiger partial charge on any atom is -0.377 e. The Morgan fingerprint density at radius 1 is 1.59 bits per heavy atom. The average Bonchev–Trinajstić information content (AvgIpc) is 3.13. The van der Waals surface area contributed by atoms with Crippen LogP contribution in [0.4, 0.5) is 0 Å². The molecule has 1 saturated heterocycles. The largest absolute Gasteiger partial charge is 0.377 e. The molecule has 1 amide bonds. The topological polar surface area (TPSA) is 64.8 Å². The Hall–Kier alpha value is -1.66. The summed E-state index contributed by atoms with van der Waals surface area (Å²) in [6.45, 7) is 7.83. The van der Waals surface area contributed by atoms with E-state index in [9.17, 15) is 4.79 Å². The van der Waals surface area contributed by atoms with Crippen LogP contribution in [-0.4, -0.2) is 54.5 Å². The summed E-state index contributed by atoms with van der Waals surface area (Å²) in [5, 5.41) is 3.80. The van der Waals surface area contributed by atoms with Gasteiger partial charge in [0.15, 0.2) is 0 Å². The summed E-state index contributed by atoms with van der Waals surface area (Å²) >= 11 is 0.